The average Bonchev–Trinajstić information content (AvgIpc) is 3.08. The van der Waals surface area contributed by atoms with Crippen LogP contribution >= 0.6 is 35.0 Å². The number of carbonyl (C=O) groups excluding carboxylic acids is 1. The monoisotopic (exact) mass is 507 g/mol. The summed E-state index contributed by atoms with van der Waals surface area (Å²) >= 11 is 13.5. The first-order valence-corrected chi connectivity index (χ1v) is 12.1. The number of carbonyl (C=O) groups is 1. The summed E-state index contributed by atoms with van der Waals surface area (Å²) in [4.78, 5) is 12.1. The molecule has 0 spiro atoms. The molecule has 3 aromatic rings. The third-order valence-electron chi connectivity index (χ3n) is 4.39. The summed E-state index contributed by atoms with van der Waals surface area (Å²) in [7, 11) is 0. The fourth-order valence-corrected chi connectivity index (χ4v) is 4.14. The molecule has 2 aromatic carbocycles. The Kier molecular flexibility index (Phi) is 8.51. The Morgan fingerprint density at radius 2 is 1.94 bits per heavy atom. The third-order valence-corrected chi connectivity index (χ3v) is 5.91. The van der Waals surface area contributed by atoms with Crippen LogP contribution in [0.15, 0.2) is 47.6 Å². The summed E-state index contributed by atoms with van der Waals surface area (Å²) in [5.74, 6) is 1.64. The normalized spacial score (nSPS) is 11.3. The van der Waals surface area contributed by atoms with Crippen molar-refractivity contribution in [1.82, 2.24) is 20.2 Å². The first-order chi connectivity index (χ1) is 15.6. The van der Waals surface area contributed by atoms with E-state index in [2.05, 4.69) is 20.9 Å². The number of nitrogens with zero attached hydrogens (tertiary/aromatic N) is 3. The Bertz CT molecular complexity index is 1110. The van der Waals surface area contributed by atoms with Gasteiger partial charge in [0.2, 0.25) is 11.1 Å². The van der Waals surface area contributed by atoms with E-state index in [1.807, 2.05) is 58.0 Å². The highest BCUT2D eigenvalue weighted by atomic mass is 35.5. The highest BCUT2D eigenvalue weighted by Crippen LogP contribution is 2.23. The Hall–Kier alpha value is -2.42. The lowest BCUT2D eigenvalue weighted by atomic mass is 10.1. The molecule has 0 aliphatic rings. The molecule has 0 unspecified atom stereocenters. The summed E-state index contributed by atoms with van der Waals surface area (Å²) in [5, 5.41) is 13.0. The van der Waals surface area contributed by atoms with Crippen LogP contribution in [0.1, 0.15) is 37.7 Å². The summed E-state index contributed by atoms with van der Waals surface area (Å²) in [5.41, 5.74) is 4.92. The molecule has 0 bridgehead atoms. The zero-order valence-corrected chi connectivity index (χ0v) is 21.3. The quantitative estimate of drug-likeness (QED) is 0.386. The molecule has 1 amide bonds. The van der Waals surface area contributed by atoms with Crippen LogP contribution in [0.25, 0.3) is 0 Å². The molecule has 10 heteroatoms. The molecule has 0 saturated carbocycles. The van der Waals surface area contributed by atoms with Gasteiger partial charge in [-0.15, -0.1) is 10.2 Å². The SMILES string of the molecule is Cc1nnc(SCC(=O)NC(C)(C)C)n1NCc1cccc(OCc2ccc(Cl)cc2Cl)c1. The zero-order valence-electron chi connectivity index (χ0n) is 19.0. The maximum Gasteiger partial charge on any atom is 0.230 e. The number of hydrogen-bond acceptors (Lipinski definition) is 6. The molecule has 0 aliphatic carbocycles. The molecular formula is C23H27Cl2N5O2S. The van der Waals surface area contributed by atoms with Crippen molar-refractivity contribution in [2.24, 2.45) is 0 Å². The van der Waals surface area contributed by atoms with E-state index in [-0.39, 0.29) is 17.2 Å². The van der Waals surface area contributed by atoms with Crippen LogP contribution in [0.4, 0.5) is 0 Å². The minimum Gasteiger partial charge on any atom is -0.489 e. The van der Waals surface area contributed by atoms with E-state index >= 15 is 0 Å². The lowest BCUT2D eigenvalue weighted by Crippen LogP contribution is -2.41. The highest BCUT2D eigenvalue weighted by Gasteiger charge is 2.16. The van der Waals surface area contributed by atoms with Gasteiger partial charge in [0.1, 0.15) is 18.2 Å². The standard InChI is InChI=1S/C23H27Cl2N5O2S/c1-15-28-29-22(33-14-21(31)27-23(2,3)4)30(15)26-12-16-6-5-7-19(10-16)32-13-17-8-9-18(24)11-20(17)25/h5-11,26H,12-14H2,1-4H3,(H,27,31). The molecule has 176 valence electrons. The fourth-order valence-electron chi connectivity index (χ4n) is 2.92. The highest BCUT2D eigenvalue weighted by molar-refractivity contribution is 7.99. The Morgan fingerprint density at radius 3 is 2.67 bits per heavy atom. The molecule has 1 aromatic heterocycles. The fraction of sp³-hybridized carbons (Fsp3) is 0.348. The maximum absolute atomic E-state index is 12.1. The number of rotatable bonds is 9. The molecule has 0 radical (unpaired) electrons. The number of aryl methyl sites for hydroxylation is 1. The number of benzene rings is 2. The number of amides is 1. The van der Waals surface area contributed by atoms with Gasteiger partial charge in [-0.2, -0.15) is 0 Å². The average molecular weight is 508 g/mol. The van der Waals surface area contributed by atoms with E-state index in [0.717, 1.165) is 16.9 Å². The second-order valence-electron chi connectivity index (χ2n) is 8.46. The number of hydrogen-bond donors (Lipinski definition) is 2. The predicted molar refractivity (Wildman–Crippen MR) is 134 cm³/mol. The summed E-state index contributed by atoms with van der Waals surface area (Å²) in [6.07, 6.45) is 0. The molecule has 0 aliphatic heterocycles. The Morgan fingerprint density at radius 1 is 1.15 bits per heavy atom. The van der Waals surface area contributed by atoms with Crippen molar-refractivity contribution in [3.63, 3.8) is 0 Å². The predicted octanol–water partition coefficient (Wildman–Crippen LogP) is 5.22. The van der Waals surface area contributed by atoms with Crippen molar-refractivity contribution >= 4 is 40.9 Å². The van der Waals surface area contributed by atoms with E-state index < -0.39 is 0 Å². The van der Waals surface area contributed by atoms with Crippen LogP contribution in [0.2, 0.25) is 10.0 Å². The molecule has 3 rings (SSSR count). The van der Waals surface area contributed by atoms with Crippen molar-refractivity contribution in [1.29, 1.82) is 0 Å². The van der Waals surface area contributed by atoms with Gasteiger partial charge in [-0.1, -0.05) is 53.2 Å². The molecule has 0 atom stereocenters. The number of thioether (sulfide) groups is 1. The molecule has 2 N–H and O–H groups in total. The van der Waals surface area contributed by atoms with E-state index in [9.17, 15) is 4.79 Å². The zero-order chi connectivity index (χ0) is 24.0. The van der Waals surface area contributed by atoms with Crippen molar-refractivity contribution < 1.29 is 9.53 Å². The number of halogens is 2. The van der Waals surface area contributed by atoms with Crippen molar-refractivity contribution in [2.75, 3.05) is 11.2 Å². The van der Waals surface area contributed by atoms with Crippen LogP contribution in [-0.4, -0.2) is 32.1 Å². The number of aromatic nitrogens is 3. The Balaban J connectivity index is 1.58. The van der Waals surface area contributed by atoms with Crippen LogP contribution in [-0.2, 0) is 17.9 Å². The molecule has 0 fully saturated rings. The van der Waals surface area contributed by atoms with Gasteiger partial charge in [0.05, 0.1) is 12.3 Å². The first-order valence-electron chi connectivity index (χ1n) is 10.4. The number of ether oxygens (including phenoxy) is 1. The second kappa shape index (κ2) is 11.1. The maximum atomic E-state index is 12.1. The first kappa shape index (κ1) is 25.2. The largest absolute Gasteiger partial charge is 0.489 e. The second-order valence-corrected chi connectivity index (χ2v) is 10.2. The van der Waals surface area contributed by atoms with Crippen molar-refractivity contribution in [2.45, 2.75) is 51.5 Å². The summed E-state index contributed by atoms with van der Waals surface area (Å²) < 4.78 is 7.69. The lowest BCUT2D eigenvalue weighted by molar-refractivity contribution is -0.119. The van der Waals surface area contributed by atoms with Gasteiger partial charge >= 0.3 is 0 Å². The minimum absolute atomic E-state index is 0.0506. The number of nitrogens with one attached hydrogen (secondary N) is 2. The van der Waals surface area contributed by atoms with Crippen molar-refractivity contribution in [3.8, 4) is 5.75 Å². The lowest BCUT2D eigenvalue weighted by Gasteiger charge is -2.20. The molecule has 33 heavy (non-hydrogen) atoms. The molecule has 0 saturated heterocycles. The molecule has 7 nitrogen and oxygen atoms in total. The van der Waals surface area contributed by atoms with Gasteiger partial charge in [-0.3, -0.25) is 4.79 Å². The summed E-state index contributed by atoms with van der Waals surface area (Å²) in [6.45, 7) is 8.58. The van der Waals surface area contributed by atoms with Crippen LogP contribution in [0, 0.1) is 6.92 Å². The Labute approximate surface area is 208 Å². The van der Waals surface area contributed by atoms with E-state index in [1.54, 1.807) is 16.8 Å². The topological polar surface area (TPSA) is 81.1 Å². The van der Waals surface area contributed by atoms with Gasteiger partial charge in [-0.05, 0) is 57.5 Å². The van der Waals surface area contributed by atoms with Crippen LogP contribution in [0.5, 0.6) is 5.75 Å². The molecular weight excluding hydrogens is 481 g/mol. The van der Waals surface area contributed by atoms with Gasteiger partial charge in [0, 0.05) is 21.1 Å². The van der Waals surface area contributed by atoms with Gasteiger partial charge < -0.3 is 15.5 Å². The van der Waals surface area contributed by atoms with Crippen LogP contribution < -0.4 is 15.5 Å². The minimum atomic E-state index is -0.272. The smallest absolute Gasteiger partial charge is 0.230 e. The third kappa shape index (κ3) is 7.84. The summed E-state index contributed by atoms with van der Waals surface area (Å²) in [6, 6.07) is 13.1. The van der Waals surface area contributed by atoms with Crippen LogP contribution in [0.3, 0.4) is 0 Å². The van der Waals surface area contributed by atoms with Gasteiger partial charge in [-0.25, -0.2) is 4.68 Å². The van der Waals surface area contributed by atoms with Gasteiger partial charge in [0.25, 0.3) is 0 Å². The van der Waals surface area contributed by atoms with Gasteiger partial charge in [0.15, 0.2) is 0 Å². The van der Waals surface area contributed by atoms with E-state index in [1.165, 1.54) is 11.8 Å². The van der Waals surface area contributed by atoms with Crippen molar-refractivity contribution in [3.05, 3.63) is 69.5 Å². The van der Waals surface area contributed by atoms with E-state index in [4.69, 9.17) is 27.9 Å². The molecule has 1 heterocycles. The van der Waals surface area contributed by atoms with E-state index in [0.29, 0.717) is 34.2 Å².